The van der Waals surface area contributed by atoms with Crippen LogP contribution in [0, 0.1) is 0 Å². The topological polar surface area (TPSA) is 33.3 Å². The third-order valence-corrected chi connectivity index (χ3v) is 2.80. The standard InChI is InChI=1S/C16H20N2O/c1-19-13-5-12-17-14-8-10-16(11-9-14)18-15-6-3-2-4-7-15/h2-4,6-11,17-18H,5,12-13H2,1H3. The summed E-state index contributed by atoms with van der Waals surface area (Å²) >= 11 is 0. The van der Waals surface area contributed by atoms with Crippen LogP contribution < -0.4 is 10.6 Å². The van der Waals surface area contributed by atoms with Crippen molar-refractivity contribution in [2.24, 2.45) is 0 Å². The van der Waals surface area contributed by atoms with E-state index in [0.29, 0.717) is 0 Å². The molecule has 0 unspecified atom stereocenters. The summed E-state index contributed by atoms with van der Waals surface area (Å²) in [5, 5.41) is 6.72. The highest BCUT2D eigenvalue weighted by Gasteiger charge is 1.95. The molecule has 2 aromatic carbocycles. The minimum absolute atomic E-state index is 0.792. The van der Waals surface area contributed by atoms with Gasteiger partial charge in [-0.3, -0.25) is 0 Å². The van der Waals surface area contributed by atoms with Gasteiger partial charge >= 0.3 is 0 Å². The zero-order valence-electron chi connectivity index (χ0n) is 11.2. The maximum Gasteiger partial charge on any atom is 0.0479 e. The van der Waals surface area contributed by atoms with E-state index in [-0.39, 0.29) is 0 Å². The highest BCUT2D eigenvalue weighted by Crippen LogP contribution is 2.18. The Bertz CT molecular complexity index is 468. The molecule has 0 aromatic heterocycles. The molecule has 0 saturated heterocycles. The van der Waals surface area contributed by atoms with Crippen LogP contribution in [0.25, 0.3) is 0 Å². The van der Waals surface area contributed by atoms with E-state index in [2.05, 4.69) is 47.0 Å². The van der Waals surface area contributed by atoms with Crippen LogP contribution in [-0.4, -0.2) is 20.3 Å². The first kappa shape index (κ1) is 13.4. The molecule has 0 aliphatic heterocycles. The van der Waals surface area contributed by atoms with E-state index in [9.17, 15) is 0 Å². The van der Waals surface area contributed by atoms with Gasteiger partial charge in [-0.25, -0.2) is 0 Å². The average Bonchev–Trinajstić information content (AvgIpc) is 2.46. The molecule has 2 N–H and O–H groups in total. The number of rotatable bonds is 7. The molecule has 0 amide bonds. The van der Waals surface area contributed by atoms with E-state index < -0.39 is 0 Å². The van der Waals surface area contributed by atoms with E-state index in [1.54, 1.807) is 7.11 Å². The molecule has 3 heteroatoms. The van der Waals surface area contributed by atoms with Crippen LogP contribution >= 0.6 is 0 Å². The number of anilines is 3. The molecule has 0 heterocycles. The molecule has 2 aromatic rings. The number of hydrogen-bond donors (Lipinski definition) is 2. The van der Waals surface area contributed by atoms with Crippen molar-refractivity contribution in [3.63, 3.8) is 0 Å². The second-order valence-corrected chi connectivity index (χ2v) is 4.34. The molecule has 0 aliphatic carbocycles. The van der Waals surface area contributed by atoms with Gasteiger partial charge in [0.1, 0.15) is 0 Å². The second kappa shape index (κ2) is 7.44. The Morgan fingerprint density at radius 3 is 2.16 bits per heavy atom. The minimum atomic E-state index is 0.792. The minimum Gasteiger partial charge on any atom is -0.385 e. The highest BCUT2D eigenvalue weighted by molar-refractivity contribution is 5.62. The molecule has 0 saturated carbocycles. The molecule has 0 fully saturated rings. The molecule has 3 nitrogen and oxygen atoms in total. The Morgan fingerprint density at radius 2 is 1.47 bits per heavy atom. The molecule has 0 atom stereocenters. The lowest BCUT2D eigenvalue weighted by molar-refractivity contribution is 0.198. The lowest BCUT2D eigenvalue weighted by Crippen LogP contribution is -2.04. The van der Waals surface area contributed by atoms with Gasteiger partial charge in [-0.05, 0) is 42.8 Å². The predicted octanol–water partition coefficient (Wildman–Crippen LogP) is 3.88. The lowest BCUT2D eigenvalue weighted by atomic mass is 10.2. The number of nitrogens with one attached hydrogen (secondary N) is 2. The maximum atomic E-state index is 5.02. The van der Waals surface area contributed by atoms with E-state index in [1.807, 2.05) is 18.2 Å². The SMILES string of the molecule is COCCCNc1ccc(Nc2ccccc2)cc1. The molecule has 0 radical (unpaired) electrons. The van der Waals surface area contributed by atoms with Crippen molar-refractivity contribution in [1.82, 2.24) is 0 Å². The molecule has 0 spiro atoms. The summed E-state index contributed by atoms with van der Waals surface area (Å²) in [6.45, 7) is 1.72. The molecular formula is C16H20N2O. The van der Waals surface area contributed by atoms with Gasteiger partial charge in [0.25, 0.3) is 0 Å². The van der Waals surface area contributed by atoms with Crippen LogP contribution in [0.15, 0.2) is 54.6 Å². The third-order valence-electron chi connectivity index (χ3n) is 2.80. The summed E-state index contributed by atoms with van der Waals surface area (Å²) < 4.78 is 5.02. The Balaban J connectivity index is 1.84. The summed E-state index contributed by atoms with van der Waals surface area (Å²) in [6, 6.07) is 18.5. The van der Waals surface area contributed by atoms with Crippen molar-refractivity contribution in [2.75, 3.05) is 30.9 Å². The van der Waals surface area contributed by atoms with Crippen LogP contribution in [0.1, 0.15) is 6.42 Å². The fourth-order valence-corrected chi connectivity index (χ4v) is 1.81. The summed E-state index contributed by atoms with van der Waals surface area (Å²) in [6.07, 6.45) is 1.01. The summed E-state index contributed by atoms with van der Waals surface area (Å²) in [5.41, 5.74) is 3.33. The number of benzene rings is 2. The number of ether oxygens (including phenoxy) is 1. The van der Waals surface area contributed by atoms with Crippen molar-refractivity contribution < 1.29 is 4.74 Å². The zero-order chi connectivity index (χ0) is 13.3. The summed E-state index contributed by atoms with van der Waals surface area (Å²) in [5.74, 6) is 0. The predicted molar refractivity (Wildman–Crippen MR) is 81.1 cm³/mol. The number of methoxy groups -OCH3 is 1. The van der Waals surface area contributed by atoms with Gasteiger partial charge in [-0.2, -0.15) is 0 Å². The van der Waals surface area contributed by atoms with Gasteiger partial charge in [-0.15, -0.1) is 0 Å². The molecule has 0 aliphatic rings. The van der Waals surface area contributed by atoms with E-state index in [0.717, 1.165) is 36.6 Å². The van der Waals surface area contributed by atoms with Gasteiger partial charge in [0.05, 0.1) is 0 Å². The molecular weight excluding hydrogens is 236 g/mol. The van der Waals surface area contributed by atoms with Gasteiger partial charge in [0.2, 0.25) is 0 Å². The first-order valence-corrected chi connectivity index (χ1v) is 6.53. The zero-order valence-corrected chi connectivity index (χ0v) is 11.2. The summed E-state index contributed by atoms with van der Waals surface area (Å²) in [4.78, 5) is 0. The third kappa shape index (κ3) is 4.64. The van der Waals surface area contributed by atoms with Crippen LogP contribution in [-0.2, 0) is 4.74 Å². The quantitative estimate of drug-likeness (QED) is 0.738. The fraction of sp³-hybridized carbons (Fsp3) is 0.250. The van der Waals surface area contributed by atoms with E-state index in [4.69, 9.17) is 4.74 Å². The normalized spacial score (nSPS) is 10.2. The monoisotopic (exact) mass is 256 g/mol. The average molecular weight is 256 g/mol. The molecule has 2 rings (SSSR count). The fourth-order valence-electron chi connectivity index (χ4n) is 1.81. The van der Waals surface area contributed by atoms with Gasteiger partial charge in [0, 0.05) is 37.3 Å². The lowest BCUT2D eigenvalue weighted by Gasteiger charge is -2.09. The highest BCUT2D eigenvalue weighted by atomic mass is 16.5. The van der Waals surface area contributed by atoms with Crippen LogP contribution in [0.2, 0.25) is 0 Å². The Hall–Kier alpha value is -2.00. The van der Waals surface area contributed by atoms with Crippen molar-refractivity contribution in [2.45, 2.75) is 6.42 Å². The second-order valence-electron chi connectivity index (χ2n) is 4.34. The van der Waals surface area contributed by atoms with Crippen LogP contribution in [0.5, 0.6) is 0 Å². The van der Waals surface area contributed by atoms with Gasteiger partial charge < -0.3 is 15.4 Å². The van der Waals surface area contributed by atoms with E-state index >= 15 is 0 Å². The molecule has 19 heavy (non-hydrogen) atoms. The number of para-hydroxylation sites is 1. The number of hydrogen-bond acceptors (Lipinski definition) is 3. The molecule has 0 bridgehead atoms. The van der Waals surface area contributed by atoms with Crippen molar-refractivity contribution in [3.05, 3.63) is 54.6 Å². The smallest absolute Gasteiger partial charge is 0.0479 e. The van der Waals surface area contributed by atoms with Crippen molar-refractivity contribution in [1.29, 1.82) is 0 Å². The Morgan fingerprint density at radius 1 is 0.842 bits per heavy atom. The largest absolute Gasteiger partial charge is 0.385 e. The van der Waals surface area contributed by atoms with Gasteiger partial charge in [0.15, 0.2) is 0 Å². The van der Waals surface area contributed by atoms with Crippen LogP contribution in [0.3, 0.4) is 0 Å². The van der Waals surface area contributed by atoms with Gasteiger partial charge in [-0.1, -0.05) is 18.2 Å². The van der Waals surface area contributed by atoms with E-state index in [1.165, 1.54) is 0 Å². The van der Waals surface area contributed by atoms with Crippen molar-refractivity contribution >= 4 is 17.1 Å². The first-order chi connectivity index (χ1) is 9.38. The first-order valence-electron chi connectivity index (χ1n) is 6.53. The molecule has 100 valence electrons. The van der Waals surface area contributed by atoms with Crippen molar-refractivity contribution in [3.8, 4) is 0 Å². The Kier molecular flexibility index (Phi) is 5.26. The summed E-state index contributed by atoms with van der Waals surface area (Å²) in [7, 11) is 1.73. The van der Waals surface area contributed by atoms with Crippen LogP contribution in [0.4, 0.5) is 17.1 Å². The Labute approximate surface area is 114 Å². The maximum absolute atomic E-state index is 5.02.